The highest BCUT2D eigenvalue weighted by Crippen LogP contribution is 2.26. The Hall–Kier alpha value is -2.52. The van der Waals surface area contributed by atoms with Gasteiger partial charge in [-0.3, -0.25) is 9.69 Å². The molecule has 0 bridgehead atoms. The maximum absolute atomic E-state index is 13.0. The Bertz CT molecular complexity index is 774. The molecule has 2 heterocycles. The zero-order valence-corrected chi connectivity index (χ0v) is 19.6. The first-order chi connectivity index (χ1) is 15.4. The number of carbonyl (C=O) groups is 2. The van der Waals surface area contributed by atoms with Gasteiger partial charge in [-0.15, -0.1) is 0 Å². The fourth-order valence-electron chi connectivity index (χ4n) is 4.26. The number of amides is 3. The van der Waals surface area contributed by atoms with E-state index in [9.17, 15) is 9.59 Å². The van der Waals surface area contributed by atoms with Crippen molar-refractivity contribution in [1.82, 2.24) is 20.0 Å². The van der Waals surface area contributed by atoms with Gasteiger partial charge in [0.05, 0.1) is 33.0 Å². The SMILES string of the molecule is COc1ccc(C(=O)N2CCN(C(=O)NCC(C(C)C)N3CCOCC3)CC2)c(OC)c1. The molecule has 9 heteroatoms. The second-order valence-corrected chi connectivity index (χ2v) is 8.49. The number of ether oxygens (including phenoxy) is 3. The first-order valence-corrected chi connectivity index (χ1v) is 11.3. The van der Waals surface area contributed by atoms with Crippen molar-refractivity contribution in [2.24, 2.45) is 5.92 Å². The summed E-state index contributed by atoms with van der Waals surface area (Å²) in [6.07, 6.45) is 0. The van der Waals surface area contributed by atoms with E-state index < -0.39 is 0 Å². The molecule has 0 aliphatic carbocycles. The number of rotatable bonds is 7. The fourth-order valence-corrected chi connectivity index (χ4v) is 4.26. The summed E-state index contributed by atoms with van der Waals surface area (Å²) in [4.78, 5) is 31.7. The van der Waals surface area contributed by atoms with Crippen LogP contribution in [0.5, 0.6) is 11.5 Å². The number of piperazine rings is 1. The Morgan fingerprint density at radius 1 is 1.00 bits per heavy atom. The van der Waals surface area contributed by atoms with E-state index >= 15 is 0 Å². The first kappa shape index (κ1) is 24.1. The third-order valence-corrected chi connectivity index (χ3v) is 6.24. The van der Waals surface area contributed by atoms with Crippen LogP contribution < -0.4 is 14.8 Å². The van der Waals surface area contributed by atoms with Crippen LogP contribution in [-0.4, -0.2) is 106 Å². The van der Waals surface area contributed by atoms with Crippen LogP contribution >= 0.6 is 0 Å². The van der Waals surface area contributed by atoms with Gasteiger partial charge < -0.3 is 29.3 Å². The van der Waals surface area contributed by atoms with E-state index in [1.165, 1.54) is 7.11 Å². The number of nitrogens with one attached hydrogen (secondary N) is 1. The summed E-state index contributed by atoms with van der Waals surface area (Å²) < 4.78 is 16.0. The average molecular weight is 449 g/mol. The highest BCUT2D eigenvalue weighted by Gasteiger charge is 2.28. The molecule has 1 aromatic carbocycles. The van der Waals surface area contributed by atoms with Crippen molar-refractivity contribution in [3.63, 3.8) is 0 Å². The zero-order chi connectivity index (χ0) is 23.1. The molecular weight excluding hydrogens is 412 g/mol. The molecule has 3 rings (SSSR count). The van der Waals surface area contributed by atoms with Gasteiger partial charge in [0.15, 0.2) is 0 Å². The Morgan fingerprint density at radius 2 is 1.66 bits per heavy atom. The van der Waals surface area contributed by atoms with Crippen LogP contribution in [0.25, 0.3) is 0 Å². The third-order valence-electron chi connectivity index (χ3n) is 6.24. The van der Waals surface area contributed by atoms with Gasteiger partial charge in [-0.05, 0) is 18.1 Å². The fraction of sp³-hybridized carbons (Fsp3) is 0.652. The Labute approximate surface area is 190 Å². The normalized spacial score (nSPS) is 18.4. The molecule has 2 aliphatic heterocycles. The van der Waals surface area contributed by atoms with Crippen LogP contribution in [0, 0.1) is 5.92 Å². The summed E-state index contributed by atoms with van der Waals surface area (Å²) in [7, 11) is 3.11. The van der Waals surface area contributed by atoms with E-state index in [0.717, 1.165) is 26.3 Å². The predicted octanol–water partition coefficient (Wildman–Crippen LogP) is 1.53. The molecule has 3 amide bonds. The van der Waals surface area contributed by atoms with E-state index in [-0.39, 0.29) is 18.0 Å². The third kappa shape index (κ3) is 5.83. The number of hydrogen-bond acceptors (Lipinski definition) is 6. The molecule has 0 radical (unpaired) electrons. The van der Waals surface area contributed by atoms with E-state index in [1.807, 2.05) is 0 Å². The molecule has 32 heavy (non-hydrogen) atoms. The van der Waals surface area contributed by atoms with E-state index in [2.05, 4.69) is 24.1 Å². The quantitative estimate of drug-likeness (QED) is 0.681. The summed E-state index contributed by atoms with van der Waals surface area (Å²) in [5.41, 5.74) is 0.497. The second kappa shape index (κ2) is 11.4. The summed E-state index contributed by atoms with van der Waals surface area (Å²) in [6, 6.07) is 5.39. The molecule has 0 aromatic heterocycles. The standard InChI is InChI=1S/C23H36N4O5/c1-17(2)20(25-11-13-32-14-12-25)16-24-23(29)27-9-7-26(8-10-27)22(28)19-6-5-18(30-3)15-21(19)31-4/h5-6,15,17,20H,7-14,16H2,1-4H3,(H,24,29). The first-order valence-electron chi connectivity index (χ1n) is 11.3. The molecule has 9 nitrogen and oxygen atoms in total. The van der Waals surface area contributed by atoms with Crippen LogP contribution in [0.2, 0.25) is 0 Å². The molecule has 1 atom stereocenters. The van der Waals surface area contributed by atoms with Crippen molar-refractivity contribution in [2.45, 2.75) is 19.9 Å². The van der Waals surface area contributed by atoms with Crippen LogP contribution in [-0.2, 0) is 4.74 Å². The summed E-state index contributed by atoms with van der Waals surface area (Å²) in [5.74, 6) is 1.45. The Kier molecular flexibility index (Phi) is 8.58. The summed E-state index contributed by atoms with van der Waals surface area (Å²) in [5, 5.41) is 3.10. The molecule has 1 N–H and O–H groups in total. The molecular formula is C23H36N4O5. The zero-order valence-electron chi connectivity index (χ0n) is 19.6. The number of morpholine rings is 1. The van der Waals surface area contributed by atoms with Crippen LogP contribution in [0.3, 0.4) is 0 Å². The molecule has 2 saturated heterocycles. The minimum Gasteiger partial charge on any atom is -0.497 e. The van der Waals surface area contributed by atoms with Crippen molar-refractivity contribution >= 4 is 11.9 Å². The molecule has 0 saturated carbocycles. The topological polar surface area (TPSA) is 83.6 Å². The van der Waals surface area contributed by atoms with Gasteiger partial charge in [0.2, 0.25) is 0 Å². The Morgan fingerprint density at radius 3 is 2.25 bits per heavy atom. The van der Waals surface area contributed by atoms with E-state index in [4.69, 9.17) is 14.2 Å². The Balaban J connectivity index is 1.51. The minimum atomic E-state index is -0.100. The van der Waals surface area contributed by atoms with Crippen molar-refractivity contribution in [2.75, 3.05) is 73.2 Å². The van der Waals surface area contributed by atoms with Gasteiger partial charge in [0.25, 0.3) is 5.91 Å². The van der Waals surface area contributed by atoms with Gasteiger partial charge in [0, 0.05) is 57.9 Å². The van der Waals surface area contributed by atoms with E-state index in [0.29, 0.717) is 55.7 Å². The highest BCUT2D eigenvalue weighted by molar-refractivity contribution is 5.97. The van der Waals surface area contributed by atoms with Gasteiger partial charge in [0.1, 0.15) is 11.5 Å². The molecule has 1 aromatic rings. The number of urea groups is 1. The van der Waals surface area contributed by atoms with Crippen molar-refractivity contribution in [3.8, 4) is 11.5 Å². The highest BCUT2D eigenvalue weighted by atomic mass is 16.5. The lowest BCUT2D eigenvalue weighted by Crippen LogP contribution is -2.56. The smallest absolute Gasteiger partial charge is 0.317 e. The van der Waals surface area contributed by atoms with E-state index in [1.54, 1.807) is 35.1 Å². The lowest BCUT2D eigenvalue weighted by atomic mass is 10.0. The van der Waals surface area contributed by atoms with Crippen molar-refractivity contribution < 1.29 is 23.8 Å². The van der Waals surface area contributed by atoms with Crippen molar-refractivity contribution in [1.29, 1.82) is 0 Å². The molecule has 2 fully saturated rings. The molecule has 0 spiro atoms. The van der Waals surface area contributed by atoms with Crippen LogP contribution in [0.15, 0.2) is 18.2 Å². The lowest BCUT2D eigenvalue weighted by Gasteiger charge is -2.38. The van der Waals surface area contributed by atoms with Gasteiger partial charge >= 0.3 is 6.03 Å². The molecule has 178 valence electrons. The lowest BCUT2D eigenvalue weighted by molar-refractivity contribution is 0.00681. The average Bonchev–Trinajstić information content (AvgIpc) is 2.83. The van der Waals surface area contributed by atoms with Gasteiger partial charge in [-0.25, -0.2) is 4.79 Å². The maximum atomic E-state index is 13.0. The molecule has 1 unspecified atom stereocenters. The van der Waals surface area contributed by atoms with Crippen LogP contribution in [0.1, 0.15) is 24.2 Å². The largest absolute Gasteiger partial charge is 0.497 e. The summed E-state index contributed by atoms with van der Waals surface area (Å²) in [6.45, 7) is 10.2. The number of nitrogens with zero attached hydrogens (tertiary/aromatic N) is 3. The number of hydrogen-bond donors (Lipinski definition) is 1. The van der Waals surface area contributed by atoms with Crippen LogP contribution in [0.4, 0.5) is 4.79 Å². The number of carbonyl (C=O) groups excluding carboxylic acids is 2. The maximum Gasteiger partial charge on any atom is 0.317 e. The predicted molar refractivity (Wildman–Crippen MR) is 121 cm³/mol. The number of methoxy groups -OCH3 is 2. The summed E-state index contributed by atoms with van der Waals surface area (Å²) >= 11 is 0. The minimum absolute atomic E-state index is 0.0713. The van der Waals surface area contributed by atoms with Crippen molar-refractivity contribution in [3.05, 3.63) is 23.8 Å². The van der Waals surface area contributed by atoms with Gasteiger partial charge in [-0.1, -0.05) is 13.8 Å². The number of benzene rings is 1. The van der Waals surface area contributed by atoms with Gasteiger partial charge in [-0.2, -0.15) is 0 Å². The monoisotopic (exact) mass is 448 g/mol. The second-order valence-electron chi connectivity index (χ2n) is 8.49. The molecule has 2 aliphatic rings.